The van der Waals surface area contributed by atoms with Crippen LogP contribution in [0.1, 0.15) is 39.0 Å². The van der Waals surface area contributed by atoms with E-state index in [1.807, 2.05) is 18.2 Å². The third kappa shape index (κ3) is 4.60. The molecule has 3 aromatic rings. The molecule has 146 valence electrons. The molecular formula is C21H24N4O3. The Balaban J connectivity index is 1.43. The lowest BCUT2D eigenvalue weighted by Gasteiger charge is -2.21. The number of nitrogens with zero attached hydrogens (tertiary/aromatic N) is 2. The van der Waals surface area contributed by atoms with Crippen LogP contribution in [0.25, 0.3) is 11.1 Å². The topological polar surface area (TPSA) is 89.3 Å². The molecular weight excluding hydrogens is 356 g/mol. The van der Waals surface area contributed by atoms with Crippen LogP contribution in [0, 0.1) is 5.92 Å². The largest absolute Gasteiger partial charge is 0.457 e. The number of oxazole rings is 1. The molecule has 1 fully saturated rings. The van der Waals surface area contributed by atoms with Crippen molar-refractivity contribution in [3.8, 4) is 11.5 Å². The van der Waals surface area contributed by atoms with Crippen molar-refractivity contribution in [2.45, 2.75) is 39.0 Å². The number of carbonyl (C=O) groups is 1. The monoisotopic (exact) mass is 380 g/mol. The van der Waals surface area contributed by atoms with Crippen molar-refractivity contribution in [3.05, 3.63) is 36.5 Å². The van der Waals surface area contributed by atoms with Crippen LogP contribution in [0.4, 0.5) is 11.8 Å². The Morgan fingerprint density at radius 2 is 2.00 bits per heavy atom. The molecule has 2 heterocycles. The van der Waals surface area contributed by atoms with Gasteiger partial charge in [-0.3, -0.25) is 4.79 Å². The molecule has 7 heteroatoms. The van der Waals surface area contributed by atoms with Gasteiger partial charge in [-0.25, -0.2) is 4.98 Å². The lowest BCUT2D eigenvalue weighted by molar-refractivity contribution is -0.114. The minimum Gasteiger partial charge on any atom is -0.457 e. The van der Waals surface area contributed by atoms with E-state index in [0.29, 0.717) is 34.8 Å². The summed E-state index contributed by atoms with van der Waals surface area (Å²) in [7, 11) is 0. The maximum atomic E-state index is 11.2. The van der Waals surface area contributed by atoms with Gasteiger partial charge in [-0.05, 0) is 37.0 Å². The third-order valence-corrected chi connectivity index (χ3v) is 4.90. The maximum absolute atomic E-state index is 11.2. The number of benzene rings is 1. The maximum Gasteiger partial charge on any atom is 0.295 e. The fraction of sp³-hybridized carbons (Fsp3) is 0.381. The normalized spacial score (nSPS) is 14.8. The number of rotatable bonds is 6. The van der Waals surface area contributed by atoms with Gasteiger partial charge in [0.2, 0.25) is 5.91 Å². The fourth-order valence-corrected chi connectivity index (χ4v) is 3.53. The van der Waals surface area contributed by atoms with Crippen LogP contribution in [-0.2, 0) is 4.79 Å². The van der Waals surface area contributed by atoms with E-state index in [1.165, 1.54) is 39.0 Å². The van der Waals surface area contributed by atoms with E-state index in [1.54, 1.807) is 18.3 Å². The third-order valence-electron chi connectivity index (χ3n) is 4.90. The van der Waals surface area contributed by atoms with Crippen LogP contribution >= 0.6 is 0 Å². The Kier molecular flexibility index (Phi) is 5.41. The molecule has 0 spiro atoms. The van der Waals surface area contributed by atoms with Crippen molar-refractivity contribution in [1.82, 2.24) is 9.97 Å². The first-order valence-electron chi connectivity index (χ1n) is 9.72. The SMILES string of the molecule is CC(=O)Nc1cc(Oc2ccc3nc(NCC4CCCCC4)oc3c2)ccn1. The molecule has 7 nitrogen and oxygen atoms in total. The summed E-state index contributed by atoms with van der Waals surface area (Å²) in [4.78, 5) is 19.8. The molecule has 0 aliphatic heterocycles. The smallest absolute Gasteiger partial charge is 0.295 e. The zero-order valence-corrected chi connectivity index (χ0v) is 15.9. The van der Waals surface area contributed by atoms with Crippen LogP contribution in [0.5, 0.6) is 11.5 Å². The van der Waals surface area contributed by atoms with Gasteiger partial charge in [-0.2, -0.15) is 4.98 Å². The Labute approximate surface area is 163 Å². The number of anilines is 2. The lowest BCUT2D eigenvalue weighted by Crippen LogP contribution is -2.17. The molecule has 28 heavy (non-hydrogen) atoms. The highest BCUT2D eigenvalue weighted by Gasteiger charge is 2.14. The molecule has 0 unspecified atom stereocenters. The number of hydrogen-bond donors (Lipinski definition) is 2. The molecule has 0 radical (unpaired) electrons. The zero-order valence-electron chi connectivity index (χ0n) is 15.9. The summed E-state index contributed by atoms with van der Waals surface area (Å²) in [5.74, 6) is 2.17. The summed E-state index contributed by atoms with van der Waals surface area (Å²) >= 11 is 0. The van der Waals surface area contributed by atoms with E-state index in [-0.39, 0.29) is 5.91 Å². The number of aromatic nitrogens is 2. The highest BCUT2D eigenvalue weighted by molar-refractivity contribution is 5.87. The molecule has 1 saturated carbocycles. The first-order chi connectivity index (χ1) is 13.7. The summed E-state index contributed by atoms with van der Waals surface area (Å²) in [6.07, 6.45) is 8.13. The lowest BCUT2D eigenvalue weighted by atomic mass is 9.89. The van der Waals surface area contributed by atoms with Crippen LogP contribution < -0.4 is 15.4 Å². The number of hydrogen-bond acceptors (Lipinski definition) is 6. The molecule has 0 atom stereocenters. The van der Waals surface area contributed by atoms with Crippen molar-refractivity contribution in [3.63, 3.8) is 0 Å². The fourth-order valence-electron chi connectivity index (χ4n) is 3.53. The van der Waals surface area contributed by atoms with Gasteiger partial charge in [-0.15, -0.1) is 0 Å². The van der Waals surface area contributed by atoms with Crippen LogP contribution in [-0.4, -0.2) is 22.4 Å². The Morgan fingerprint density at radius 1 is 1.18 bits per heavy atom. The first-order valence-corrected chi connectivity index (χ1v) is 9.72. The first kappa shape index (κ1) is 18.3. The predicted octanol–water partition coefficient (Wildman–Crippen LogP) is 4.97. The summed E-state index contributed by atoms with van der Waals surface area (Å²) in [6.45, 7) is 2.34. The van der Waals surface area contributed by atoms with E-state index >= 15 is 0 Å². The highest BCUT2D eigenvalue weighted by atomic mass is 16.5. The number of fused-ring (bicyclic) bond motifs is 1. The number of carbonyl (C=O) groups excluding carboxylic acids is 1. The van der Waals surface area contributed by atoms with E-state index in [0.717, 1.165) is 12.1 Å². The zero-order chi connectivity index (χ0) is 19.3. The number of pyridine rings is 1. The van der Waals surface area contributed by atoms with Gasteiger partial charge in [0.1, 0.15) is 22.8 Å². The van der Waals surface area contributed by atoms with E-state index in [9.17, 15) is 4.79 Å². The number of ether oxygens (including phenoxy) is 1. The Bertz CT molecular complexity index is 963. The van der Waals surface area contributed by atoms with Gasteiger partial charge in [0.25, 0.3) is 6.01 Å². The molecule has 2 N–H and O–H groups in total. The molecule has 1 aliphatic carbocycles. The molecule has 0 bridgehead atoms. The molecule has 1 aromatic carbocycles. The Hall–Kier alpha value is -3.09. The van der Waals surface area contributed by atoms with Gasteiger partial charge in [0.05, 0.1) is 0 Å². The minimum atomic E-state index is -0.180. The molecule has 0 saturated heterocycles. The van der Waals surface area contributed by atoms with Crippen molar-refractivity contribution >= 4 is 28.8 Å². The van der Waals surface area contributed by atoms with Gasteiger partial charge in [-0.1, -0.05) is 19.3 Å². The van der Waals surface area contributed by atoms with Crippen molar-refractivity contribution in [2.75, 3.05) is 17.2 Å². The van der Waals surface area contributed by atoms with E-state index in [2.05, 4.69) is 20.6 Å². The van der Waals surface area contributed by atoms with Crippen LogP contribution in [0.2, 0.25) is 0 Å². The highest BCUT2D eigenvalue weighted by Crippen LogP contribution is 2.29. The Morgan fingerprint density at radius 3 is 2.82 bits per heavy atom. The summed E-state index contributed by atoms with van der Waals surface area (Å²) in [6, 6.07) is 9.47. The van der Waals surface area contributed by atoms with Crippen LogP contribution in [0.3, 0.4) is 0 Å². The van der Waals surface area contributed by atoms with Gasteiger partial charge in [0.15, 0.2) is 5.58 Å². The average Bonchev–Trinajstić information content (AvgIpc) is 3.09. The second kappa shape index (κ2) is 8.29. The van der Waals surface area contributed by atoms with Crippen molar-refractivity contribution < 1.29 is 13.9 Å². The summed E-state index contributed by atoms with van der Waals surface area (Å²) in [5.41, 5.74) is 1.45. The molecule has 4 rings (SSSR count). The number of amides is 1. The van der Waals surface area contributed by atoms with Gasteiger partial charge >= 0.3 is 0 Å². The second-order valence-electron chi connectivity index (χ2n) is 7.19. The summed E-state index contributed by atoms with van der Waals surface area (Å²) < 4.78 is 11.7. The number of nitrogens with one attached hydrogen (secondary N) is 2. The summed E-state index contributed by atoms with van der Waals surface area (Å²) in [5, 5.41) is 5.97. The molecule has 2 aromatic heterocycles. The predicted molar refractivity (Wildman–Crippen MR) is 108 cm³/mol. The van der Waals surface area contributed by atoms with Crippen molar-refractivity contribution in [1.29, 1.82) is 0 Å². The quantitative estimate of drug-likeness (QED) is 0.628. The van der Waals surface area contributed by atoms with E-state index < -0.39 is 0 Å². The van der Waals surface area contributed by atoms with Gasteiger partial charge < -0.3 is 19.8 Å². The van der Waals surface area contributed by atoms with E-state index in [4.69, 9.17) is 9.15 Å². The van der Waals surface area contributed by atoms with Gasteiger partial charge in [0, 0.05) is 31.8 Å². The van der Waals surface area contributed by atoms with Crippen LogP contribution in [0.15, 0.2) is 40.9 Å². The second-order valence-corrected chi connectivity index (χ2v) is 7.19. The minimum absolute atomic E-state index is 0.180. The molecule has 1 amide bonds. The molecule has 1 aliphatic rings. The standard InChI is InChI=1S/C21H24N4O3/c1-14(26)24-20-12-17(9-10-22-20)27-16-7-8-18-19(11-16)28-21(25-18)23-13-15-5-3-2-4-6-15/h7-12,15H,2-6,13H2,1H3,(H,23,25)(H,22,24,26). The van der Waals surface area contributed by atoms with Crippen molar-refractivity contribution in [2.24, 2.45) is 5.92 Å². The average molecular weight is 380 g/mol.